The molecule has 0 unspecified atom stereocenters. The molecule has 5 rings (SSSR count). The van der Waals surface area contributed by atoms with Crippen LogP contribution in [0.3, 0.4) is 0 Å². The number of carbonyl (C=O) groups excluding carboxylic acids is 3. The number of Topliss-reactive ketones (excluding diaryl/α,β-unsaturated/α-hetero) is 2. The molecule has 252 valence electrons. The van der Waals surface area contributed by atoms with E-state index in [1.54, 1.807) is 29.2 Å². The van der Waals surface area contributed by atoms with Crippen molar-refractivity contribution in [2.24, 2.45) is 28.3 Å². The molecule has 1 amide bonds. The predicted molar refractivity (Wildman–Crippen MR) is 181 cm³/mol. The van der Waals surface area contributed by atoms with Crippen LogP contribution in [0.1, 0.15) is 74.0 Å². The molecule has 2 saturated heterocycles. The third-order valence-corrected chi connectivity index (χ3v) is 9.40. The number of para-hydroxylation sites is 2. The van der Waals surface area contributed by atoms with Gasteiger partial charge in [-0.25, -0.2) is 4.98 Å². The Kier molecular flexibility index (Phi) is 12.4. The smallest absolute Gasteiger partial charge is 0.264 e. The third-order valence-electron chi connectivity index (χ3n) is 9.14. The molecule has 0 bridgehead atoms. The van der Waals surface area contributed by atoms with Crippen LogP contribution in [-0.2, 0) is 20.9 Å². The third kappa shape index (κ3) is 9.85. The number of hydrogen-bond donors (Lipinski definition) is 3. The Balaban J connectivity index is 1.29. The number of nitrogens with zero attached hydrogens (tertiary/aromatic N) is 3. The van der Waals surface area contributed by atoms with Crippen molar-refractivity contribution >= 4 is 46.1 Å². The number of hydrogen-bond acceptors (Lipinski definition) is 8. The first-order chi connectivity index (χ1) is 22.8. The molecule has 1 aromatic heterocycles. The highest BCUT2D eigenvalue weighted by molar-refractivity contribution is 6.30. The highest BCUT2D eigenvalue weighted by Gasteiger charge is 2.41. The summed E-state index contributed by atoms with van der Waals surface area (Å²) >= 11 is 6.04. The largest absolute Gasteiger partial charge is 0.434 e. The predicted octanol–water partition coefficient (Wildman–Crippen LogP) is 4.65. The molecular formula is C35H45ClN6O5. The van der Waals surface area contributed by atoms with Crippen LogP contribution in [0.4, 0.5) is 0 Å². The molecule has 0 saturated carbocycles. The normalized spacial score (nSPS) is 19.1. The lowest BCUT2D eigenvalue weighted by molar-refractivity contribution is -0.138. The number of guanidine groups is 1. The van der Waals surface area contributed by atoms with E-state index in [9.17, 15) is 14.4 Å². The van der Waals surface area contributed by atoms with Gasteiger partial charge in [-0.15, -0.1) is 0 Å². The van der Waals surface area contributed by atoms with Crippen molar-refractivity contribution in [3.8, 4) is 0 Å². The molecule has 3 heterocycles. The summed E-state index contributed by atoms with van der Waals surface area (Å²) in [7, 11) is 0. The highest BCUT2D eigenvalue weighted by atomic mass is 35.5. The van der Waals surface area contributed by atoms with E-state index < -0.39 is 12.0 Å². The number of ether oxygens (including phenoxy) is 1. The second kappa shape index (κ2) is 16.9. The van der Waals surface area contributed by atoms with Gasteiger partial charge in [-0.2, -0.15) is 0 Å². The lowest BCUT2D eigenvalue weighted by atomic mass is 9.89. The number of amides is 1. The zero-order valence-corrected chi connectivity index (χ0v) is 27.5. The number of aromatic nitrogens is 1. The maximum Gasteiger partial charge on any atom is 0.264 e. The SMILES string of the molecule is NC(N)=NCCC[C@H](CC(=O)[C@@H]1C[C@@H](OCc2ccc(Cl)cc2)CN1C(=O)CCCC1CCNCC1)C(=O)c1nc2ccccc2o1. The van der Waals surface area contributed by atoms with E-state index >= 15 is 0 Å². The minimum atomic E-state index is -0.712. The Morgan fingerprint density at radius 1 is 1.09 bits per heavy atom. The number of rotatable bonds is 16. The van der Waals surface area contributed by atoms with Crippen LogP contribution in [0.5, 0.6) is 0 Å². The first-order valence-electron chi connectivity index (χ1n) is 16.6. The molecule has 12 heteroatoms. The first kappa shape index (κ1) is 34.5. The van der Waals surface area contributed by atoms with Crippen LogP contribution in [0.2, 0.25) is 5.02 Å². The monoisotopic (exact) mass is 664 g/mol. The molecule has 2 fully saturated rings. The number of halogens is 1. The summed E-state index contributed by atoms with van der Waals surface area (Å²) in [5.41, 5.74) is 13.0. The van der Waals surface area contributed by atoms with Gasteiger partial charge in [0.1, 0.15) is 5.52 Å². The van der Waals surface area contributed by atoms with E-state index in [1.165, 1.54) is 0 Å². The van der Waals surface area contributed by atoms with Gasteiger partial charge >= 0.3 is 0 Å². The van der Waals surface area contributed by atoms with E-state index in [-0.39, 0.29) is 41.8 Å². The lowest BCUT2D eigenvalue weighted by Gasteiger charge is -2.26. The maximum atomic E-state index is 14.1. The molecule has 0 radical (unpaired) electrons. The summed E-state index contributed by atoms with van der Waals surface area (Å²) in [6.45, 7) is 3.01. The molecule has 0 spiro atoms. The van der Waals surface area contributed by atoms with Gasteiger partial charge in [0.2, 0.25) is 11.7 Å². The number of piperidine rings is 1. The van der Waals surface area contributed by atoms with Gasteiger partial charge < -0.3 is 30.8 Å². The topological polar surface area (TPSA) is 166 Å². The molecule has 2 aromatic carbocycles. The summed E-state index contributed by atoms with van der Waals surface area (Å²) < 4.78 is 12.0. The Morgan fingerprint density at radius 3 is 2.60 bits per heavy atom. The second-order valence-electron chi connectivity index (χ2n) is 12.6. The first-order valence-corrected chi connectivity index (χ1v) is 17.0. The molecule has 0 aliphatic carbocycles. The standard InChI is InChI=1S/C35H45ClN6O5/c36-26-12-10-24(11-13-26)22-46-27-20-29(42(21-27)32(44)9-3-5-23-14-17-39-18-15-23)30(43)19-25(6-4-16-40-35(37)38)33(45)34-41-28-7-1-2-8-31(28)47-34/h1-2,7-8,10-13,23,25,27,29,39H,3-6,9,14-22H2,(H4,37,38,40)/t25-,27-,29+/m1/s1. The van der Waals surface area contributed by atoms with Gasteiger partial charge in [0.25, 0.3) is 5.89 Å². The van der Waals surface area contributed by atoms with Gasteiger partial charge in [0.15, 0.2) is 17.3 Å². The van der Waals surface area contributed by atoms with E-state index in [0.29, 0.717) is 67.4 Å². The van der Waals surface area contributed by atoms with Crippen LogP contribution < -0.4 is 16.8 Å². The van der Waals surface area contributed by atoms with Crippen molar-refractivity contribution in [2.75, 3.05) is 26.2 Å². The van der Waals surface area contributed by atoms with Crippen molar-refractivity contribution in [3.05, 3.63) is 65.0 Å². The molecule has 2 aliphatic rings. The Bertz CT molecular complexity index is 1500. The van der Waals surface area contributed by atoms with Gasteiger partial charge in [-0.05, 0) is 87.4 Å². The van der Waals surface area contributed by atoms with E-state index in [1.807, 2.05) is 24.3 Å². The molecule has 47 heavy (non-hydrogen) atoms. The average molecular weight is 665 g/mol. The number of benzene rings is 2. The average Bonchev–Trinajstić information content (AvgIpc) is 3.71. The van der Waals surface area contributed by atoms with E-state index in [4.69, 9.17) is 32.2 Å². The fourth-order valence-electron chi connectivity index (χ4n) is 6.55. The number of carbonyl (C=O) groups is 3. The van der Waals surface area contributed by atoms with Crippen LogP contribution in [-0.4, -0.2) is 71.6 Å². The fourth-order valence-corrected chi connectivity index (χ4v) is 6.68. The summed E-state index contributed by atoms with van der Waals surface area (Å²) in [6, 6.07) is 13.9. The number of nitrogens with one attached hydrogen (secondary N) is 1. The number of aliphatic imine (C=N–C) groups is 1. The van der Waals surface area contributed by atoms with Crippen molar-refractivity contribution in [1.29, 1.82) is 0 Å². The zero-order valence-electron chi connectivity index (χ0n) is 26.7. The molecule has 3 atom stereocenters. The van der Waals surface area contributed by atoms with Crippen molar-refractivity contribution in [2.45, 2.75) is 76.5 Å². The number of fused-ring (bicyclic) bond motifs is 1. The van der Waals surface area contributed by atoms with Crippen molar-refractivity contribution in [3.63, 3.8) is 0 Å². The highest BCUT2D eigenvalue weighted by Crippen LogP contribution is 2.29. The minimum absolute atomic E-state index is 0.0344. The summed E-state index contributed by atoms with van der Waals surface area (Å²) in [6.07, 6.45) is 5.22. The molecule has 2 aliphatic heterocycles. The summed E-state index contributed by atoms with van der Waals surface area (Å²) in [5, 5.41) is 4.03. The van der Waals surface area contributed by atoms with Gasteiger partial charge in [0.05, 0.1) is 18.8 Å². The molecule has 3 aromatic rings. The number of oxazole rings is 1. The van der Waals surface area contributed by atoms with E-state index in [0.717, 1.165) is 44.3 Å². The summed E-state index contributed by atoms with van der Waals surface area (Å²) in [4.78, 5) is 51.5. The zero-order chi connectivity index (χ0) is 33.2. The van der Waals surface area contributed by atoms with Crippen LogP contribution in [0, 0.1) is 11.8 Å². The van der Waals surface area contributed by atoms with Crippen LogP contribution in [0.15, 0.2) is 57.9 Å². The van der Waals surface area contributed by atoms with Gasteiger partial charge in [-0.1, -0.05) is 35.9 Å². The number of likely N-dealkylation sites (tertiary alicyclic amines) is 1. The van der Waals surface area contributed by atoms with Gasteiger partial charge in [-0.3, -0.25) is 19.4 Å². The second-order valence-corrected chi connectivity index (χ2v) is 13.0. The molecule has 5 N–H and O–H groups in total. The Labute approximate surface area is 280 Å². The molecule has 11 nitrogen and oxygen atoms in total. The fraction of sp³-hybridized carbons (Fsp3) is 0.514. The Hall–Kier alpha value is -3.80. The van der Waals surface area contributed by atoms with Crippen molar-refractivity contribution in [1.82, 2.24) is 15.2 Å². The van der Waals surface area contributed by atoms with Crippen LogP contribution >= 0.6 is 11.6 Å². The summed E-state index contributed by atoms with van der Waals surface area (Å²) in [5.74, 6) is -0.744. The number of ketones is 2. The number of nitrogens with two attached hydrogens (primary N) is 2. The van der Waals surface area contributed by atoms with Gasteiger partial charge in [0, 0.05) is 43.3 Å². The lowest BCUT2D eigenvalue weighted by Crippen LogP contribution is -2.41. The Morgan fingerprint density at radius 2 is 1.85 bits per heavy atom. The molecular weight excluding hydrogens is 620 g/mol. The van der Waals surface area contributed by atoms with Crippen molar-refractivity contribution < 1.29 is 23.5 Å². The van der Waals surface area contributed by atoms with E-state index in [2.05, 4.69) is 15.3 Å². The minimum Gasteiger partial charge on any atom is -0.434 e. The van der Waals surface area contributed by atoms with Crippen LogP contribution in [0.25, 0.3) is 11.1 Å². The quantitative estimate of drug-likeness (QED) is 0.0855. The maximum absolute atomic E-state index is 14.1.